The van der Waals surface area contributed by atoms with Gasteiger partial charge in [0.15, 0.2) is 0 Å². The third kappa shape index (κ3) is 2.79. The van der Waals surface area contributed by atoms with Crippen LogP contribution in [-0.4, -0.2) is 19.3 Å². The number of hydrogen-bond acceptors (Lipinski definition) is 2. The van der Waals surface area contributed by atoms with Crippen molar-refractivity contribution in [3.8, 4) is 0 Å². The molecule has 0 aromatic heterocycles. The summed E-state index contributed by atoms with van der Waals surface area (Å²) in [5, 5.41) is 3.22. The molecule has 0 saturated carbocycles. The van der Waals surface area contributed by atoms with Crippen LogP contribution in [0.15, 0.2) is 12.1 Å². The first-order valence-corrected chi connectivity index (χ1v) is 6.85. The molecule has 1 heterocycles. The fourth-order valence-corrected chi connectivity index (χ4v) is 2.84. The van der Waals surface area contributed by atoms with Gasteiger partial charge in [-0.05, 0) is 38.4 Å². The Morgan fingerprint density at radius 3 is 2.74 bits per heavy atom. The van der Waals surface area contributed by atoms with E-state index in [0.29, 0.717) is 18.7 Å². The molecule has 3 unspecified atom stereocenters. The van der Waals surface area contributed by atoms with Crippen LogP contribution in [0.4, 0.5) is 8.78 Å². The van der Waals surface area contributed by atoms with E-state index in [1.165, 1.54) is 12.1 Å². The van der Waals surface area contributed by atoms with Crippen LogP contribution in [0.5, 0.6) is 0 Å². The summed E-state index contributed by atoms with van der Waals surface area (Å²) in [6.45, 7) is 6.89. The summed E-state index contributed by atoms with van der Waals surface area (Å²) in [7, 11) is 0. The lowest BCUT2D eigenvalue weighted by Crippen LogP contribution is -2.33. The van der Waals surface area contributed by atoms with Crippen molar-refractivity contribution in [3.63, 3.8) is 0 Å². The number of rotatable bonds is 4. The minimum atomic E-state index is -0.479. The topological polar surface area (TPSA) is 21.3 Å². The molecule has 106 valence electrons. The summed E-state index contributed by atoms with van der Waals surface area (Å²) >= 11 is 0. The second-order valence-electron chi connectivity index (χ2n) is 5.16. The van der Waals surface area contributed by atoms with Crippen molar-refractivity contribution in [1.29, 1.82) is 0 Å². The van der Waals surface area contributed by atoms with Gasteiger partial charge in [-0.3, -0.25) is 0 Å². The molecule has 2 rings (SSSR count). The first-order chi connectivity index (χ1) is 9.06. The average Bonchev–Trinajstić information content (AvgIpc) is 2.79. The zero-order valence-electron chi connectivity index (χ0n) is 11.7. The van der Waals surface area contributed by atoms with Crippen LogP contribution >= 0.6 is 0 Å². The van der Waals surface area contributed by atoms with Gasteiger partial charge in [-0.15, -0.1) is 0 Å². The fraction of sp³-hybridized carbons (Fsp3) is 0.600. The second kappa shape index (κ2) is 5.97. The van der Waals surface area contributed by atoms with Gasteiger partial charge in [-0.2, -0.15) is 0 Å². The normalized spacial score (nSPS) is 24.7. The van der Waals surface area contributed by atoms with Crippen molar-refractivity contribution in [2.75, 3.05) is 13.2 Å². The zero-order chi connectivity index (χ0) is 14.0. The van der Waals surface area contributed by atoms with Crippen molar-refractivity contribution in [1.82, 2.24) is 5.32 Å². The molecule has 1 aromatic carbocycles. The number of hydrogen-bond donors (Lipinski definition) is 1. The minimum absolute atomic E-state index is 0.0170. The number of aryl methyl sites for hydroxylation is 1. The quantitative estimate of drug-likeness (QED) is 0.905. The van der Waals surface area contributed by atoms with E-state index in [1.807, 2.05) is 13.8 Å². The molecule has 0 bridgehead atoms. The van der Waals surface area contributed by atoms with E-state index in [9.17, 15) is 8.78 Å². The molecular formula is C15H21F2NO. The lowest BCUT2D eigenvalue weighted by molar-refractivity contribution is 0.0947. The molecule has 4 heteroatoms. The molecule has 1 fully saturated rings. The third-order valence-electron chi connectivity index (χ3n) is 3.92. The van der Waals surface area contributed by atoms with Crippen LogP contribution in [0.1, 0.15) is 37.4 Å². The molecule has 1 aliphatic rings. The highest BCUT2D eigenvalue weighted by Gasteiger charge is 2.35. The van der Waals surface area contributed by atoms with Gasteiger partial charge in [-0.25, -0.2) is 8.78 Å². The Bertz CT molecular complexity index is 450. The molecular weight excluding hydrogens is 248 g/mol. The van der Waals surface area contributed by atoms with Crippen molar-refractivity contribution in [2.45, 2.75) is 39.3 Å². The van der Waals surface area contributed by atoms with Gasteiger partial charge in [0.05, 0.1) is 6.10 Å². The second-order valence-corrected chi connectivity index (χ2v) is 5.16. The standard InChI is InChI=1S/C15H21F2NO/c1-4-18-15(11-7-8-19-10(11)3)13-12(16)6-5-9(2)14(13)17/h5-6,10-11,15,18H,4,7-8H2,1-3H3. The zero-order valence-corrected chi connectivity index (χ0v) is 11.7. The maximum absolute atomic E-state index is 14.3. The van der Waals surface area contributed by atoms with Crippen molar-refractivity contribution >= 4 is 0 Å². The Kier molecular flexibility index (Phi) is 4.53. The predicted molar refractivity (Wildman–Crippen MR) is 71.0 cm³/mol. The Balaban J connectivity index is 2.41. The predicted octanol–water partition coefficient (Wildman–Crippen LogP) is 3.35. The third-order valence-corrected chi connectivity index (χ3v) is 3.92. The van der Waals surface area contributed by atoms with Crippen molar-refractivity contribution < 1.29 is 13.5 Å². The van der Waals surface area contributed by atoms with E-state index in [1.54, 1.807) is 6.92 Å². The van der Waals surface area contributed by atoms with Gasteiger partial charge < -0.3 is 10.1 Å². The summed E-state index contributed by atoms with van der Waals surface area (Å²) in [4.78, 5) is 0. The lowest BCUT2D eigenvalue weighted by Gasteiger charge is -2.28. The van der Waals surface area contributed by atoms with Crippen LogP contribution in [-0.2, 0) is 4.74 Å². The molecule has 1 N–H and O–H groups in total. The molecule has 0 amide bonds. The van der Waals surface area contributed by atoms with Gasteiger partial charge >= 0.3 is 0 Å². The van der Waals surface area contributed by atoms with E-state index in [0.717, 1.165) is 6.42 Å². The molecule has 0 aliphatic carbocycles. The van der Waals surface area contributed by atoms with Crippen molar-refractivity contribution in [3.05, 3.63) is 34.9 Å². The summed E-state index contributed by atoms with van der Waals surface area (Å²) in [5.74, 6) is -0.816. The molecule has 3 atom stereocenters. The first-order valence-electron chi connectivity index (χ1n) is 6.85. The highest BCUT2D eigenvalue weighted by atomic mass is 19.1. The van der Waals surface area contributed by atoms with Gasteiger partial charge in [0.1, 0.15) is 11.6 Å². The molecule has 1 aliphatic heterocycles. The van der Waals surface area contributed by atoms with E-state index in [2.05, 4.69) is 5.32 Å². The Morgan fingerprint density at radius 2 is 2.16 bits per heavy atom. The Morgan fingerprint density at radius 1 is 1.42 bits per heavy atom. The highest BCUT2D eigenvalue weighted by molar-refractivity contribution is 5.30. The van der Waals surface area contributed by atoms with Crippen molar-refractivity contribution in [2.24, 2.45) is 5.92 Å². The Hall–Kier alpha value is -1.00. The van der Waals surface area contributed by atoms with E-state index < -0.39 is 11.6 Å². The summed E-state index contributed by atoms with van der Waals surface area (Å²) < 4.78 is 33.9. The molecule has 0 radical (unpaired) electrons. The van der Waals surface area contributed by atoms with E-state index >= 15 is 0 Å². The largest absolute Gasteiger partial charge is 0.378 e. The number of ether oxygens (including phenoxy) is 1. The molecule has 0 spiro atoms. The summed E-state index contributed by atoms with van der Waals surface area (Å²) in [5.41, 5.74) is 0.634. The summed E-state index contributed by atoms with van der Waals surface area (Å²) in [6.07, 6.45) is 0.842. The number of halogens is 2. The maximum Gasteiger partial charge on any atom is 0.133 e. The fourth-order valence-electron chi connectivity index (χ4n) is 2.84. The Labute approximate surface area is 113 Å². The smallest absolute Gasteiger partial charge is 0.133 e. The maximum atomic E-state index is 14.3. The lowest BCUT2D eigenvalue weighted by atomic mass is 9.87. The molecule has 1 aromatic rings. The first kappa shape index (κ1) is 14.4. The monoisotopic (exact) mass is 269 g/mol. The van der Waals surface area contributed by atoms with E-state index in [-0.39, 0.29) is 23.6 Å². The van der Waals surface area contributed by atoms with E-state index in [4.69, 9.17) is 4.74 Å². The average molecular weight is 269 g/mol. The minimum Gasteiger partial charge on any atom is -0.378 e. The SMILES string of the molecule is CCNC(c1c(F)ccc(C)c1F)C1CCOC1C. The molecule has 19 heavy (non-hydrogen) atoms. The van der Waals surface area contributed by atoms with Crippen LogP contribution < -0.4 is 5.32 Å². The van der Waals surface area contributed by atoms with Gasteiger partial charge in [0.25, 0.3) is 0 Å². The van der Waals surface area contributed by atoms with Gasteiger partial charge in [0.2, 0.25) is 0 Å². The van der Waals surface area contributed by atoms with Gasteiger partial charge in [-0.1, -0.05) is 13.0 Å². The number of benzene rings is 1. The van der Waals surface area contributed by atoms with Crippen LogP contribution in [0.2, 0.25) is 0 Å². The van der Waals surface area contributed by atoms with Crippen LogP contribution in [0.3, 0.4) is 0 Å². The van der Waals surface area contributed by atoms with Gasteiger partial charge in [0, 0.05) is 24.1 Å². The number of nitrogens with one attached hydrogen (secondary N) is 1. The van der Waals surface area contributed by atoms with Crippen LogP contribution in [0.25, 0.3) is 0 Å². The van der Waals surface area contributed by atoms with Crippen LogP contribution in [0, 0.1) is 24.5 Å². The molecule has 1 saturated heterocycles. The molecule has 2 nitrogen and oxygen atoms in total. The highest BCUT2D eigenvalue weighted by Crippen LogP contribution is 2.36. The summed E-state index contributed by atoms with van der Waals surface area (Å²) in [6, 6.07) is 2.49.